The number of fused-ring (bicyclic) bond motifs is 1. The number of aromatic nitrogens is 3. The summed E-state index contributed by atoms with van der Waals surface area (Å²) < 4.78 is 15.5. The molecule has 3 amide bonds. The van der Waals surface area contributed by atoms with Crippen LogP contribution in [0.3, 0.4) is 0 Å². The van der Waals surface area contributed by atoms with Gasteiger partial charge in [-0.25, -0.2) is 14.2 Å². The van der Waals surface area contributed by atoms with E-state index in [0.717, 1.165) is 0 Å². The third-order valence-electron chi connectivity index (χ3n) is 5.67. The fourth-order valence-electron chi connectivity index (χ4n) is 4.01. The van der Waals surface area contributed by atoms with Gasteiger partial charge in [-0.15, -0.1) is 11.3 Å². The Hall–Kier alpha value is -4.06. The van der Waals surface area contributed by atoms with Crippen LogP contribution < -0.4 is 16.0 Å². The Labute approximate surface area is 230 Å². The minimum atomic E-state index is -0.464. The van der Waals surface area contributed by atoms with Gasteiger partial charge in [0, 0.05) is 24.3 Å². The van der Waals surface area contributed by atoms with Crippen LogP contribution in [-0.4, -0.2) is 33.0 Å². The molecule has 12 heteroatoms. The number of carbonyl (C=O) groups is 2. The average Bonchev–Trinajstić information content (AvgIpc) is 3.46. The van der Waals surface area contributed by atoms with Crippen LogP contribution in [0.15, 0.2) is 72.4 Å². The van der Waals surface area contributed by atoms with Gasteiger partial charge in [0.05, 0.1) is 27.6 Å². The molecule has 192 valence electrons. The summed E-state index contributed by atoms with van der Waals surface area (Å²) in [7, 11) is 0. The van der Waals surface area contributed by atoms with Crippen molar-refractivity contribution in [2.75, 3.05) is 17.2 Å². The first-order valence-electron chi connectivity index (χ1n) is 11.4. The van der Waals surface area contributed by atoms with Gasteiger partial charge in [0.1, 0.15) is 21.5 Å². The van der Waals surface area contributed by atoms with Gasteiger partial charge in [-0.1, -0.05) is 42.0 Å². The first kappa shape index (κ1) is 25.6. The van der Waals surface area contributed by atoms with Crippen LogP contribution in [0.1, 0.15) is 10.4 Å². The molecule has 0 aliphatic heterocycles. The number of aromatic amines is 1. The lowest BCUT2D eigenvalue weighted by atomic mass is 10.2. The Bertz CT molecular complexity index is 1680. The van der Waals surface area contributed by atoms with E-state index in [1.54, 1.807) is 18.2 Å². The molecule has 3 aromatic heterocycles. The fourth-order valence-corrected chi connectivity index (χ4v) is 5.47. The van der Waals surface area contributed by atoms with Crippen LogP contribution in [0.5, 0.6) is 0 Å². The van der Waals surface area contributed by atoms with Gasteiger partial charge in [0.2, 0.25) is 0 Å². The summed E-state index contributed by atoms with van der Waals surface area (Å²) in [6, 6.07) is 15.6. The van der Waals surface area contributed by atoms with Crippen LogP contribution in [0.2, 0.25) is 5.02 Å². The largest absolute Gasteiger partial charge is 0.350 e. The molecule has 0 radical (unpaired) electrons. The number of nitrogens with zero attached hydrogens (tertiary/aromatic N) is 2. The van der Waals surface area contributed by atoms with Gasteiger partial charge in [0.25, 0.3) is 5.91 Å². The Morgan fingerprint density at radius 2 is 1.84 bits per heavy atom. The predicted octanol–water partition coefficient (Wildman–Crippen LogP) is 6.69. The van der Waals surface area contributed by atoms with Crippen LogP contribution in [0.25, 0.3) is 21.6 Å². The number of amides is 3. The van der Waals surface area contributed by atoms with E-state index in [-0.39, 0.29) is 19.0 Å². The highest BCUT2D eigenvalue weighted by atomic mass is 35.5. The lowest BCUT2D eigenvalue weighted by molar-refractivity contribution is 0.0952. The van der Waals surface area contributed by atoms with E-state index in [1.807, 2.05) is 28.1 Å². The highest BCUT2D eigenvalue weighted by Crippen LogP contribution is 2.43. The number of anilines is 2. The maximum atomic E-state index is 13.2. The second kappa shape index (κ2) is 11.1. The van der Waals surface area contributed by atoms with Crippen molar-refractivity contribution in [1.82, 2.24) is 19.9 Å². The van der Waals surface area contributed by atoms with E-state index in [2.05, 4.69) is 25.9 Å². The zero-order chi connectivity index (χ0) is 26.6. The number of thiophene rings is 1. The highest BCUT2D eigenvalue weighted by molar-refractivity contribution is 7.71. The van der Waals surface area contributed by atoms with E-state index in [0.29, 0.717) is 48.2 Å². The summed E-state index contributed by atoms with van der Waals surface area (Å²) in [5, 5.41) is 10.9. The van der Waals surface area contributed by atoms with Gasteiger partial charge in [-0.3, -0.25) is 4.79 Å². The first-order chi connectivity index (χ1) is 18.4. The molecule has 8 nitrogen and oxygen atoms in total. The molecule has 0 fully saturated rings. The lowest BCUT2D eigenvalue weighted by Crippen LogP contribution is -2.27. The zero-order valence-electron chi connectivity index (χ0n) is 19.6. The molecule has 0 bridgehead atoms. The first-order valence-corrected chi connectivity index (χ1v) is 13.1. The molecule has 5 aromatic rings. The van der Waals surface area contributed by atoms with E-state index in [9.17, 15) is 14.0 Å². The van der Waals surface area contributed by atoms with Crippen molar-refractivity contribution >= 4 is 69.5 Å². The maximum absolute atomic E-state index is 13.2. The van der Waals surface area contributed by atoms with Crippen molar-refractivity contribution in [2.24, 2.45) is 0 Å². The molecule has 0 unspecified atom stereocenters. The molecule has 0 aliphatic rings. The average molecular weight is 567 g/mol. The summed E-state index contributed by atoms with van der Waals surface area (Å²) in [6.07, 6.45) is 1.46. The van der Waals surface area contributed by atoms with Crippen LogP contribution >= 0.6 is 35.2 Å². The van der Waals surface area contributed by atoms with Gasteiger partial charge >= 0.3 is 6.03 Å². The van der Waals surface area contributed by atoms with Crippen molar-refractivity contribution in [3.63, 3.8) is 0 Å². The molecule has 3 heterocycles. The maximum Gasteiger partial charge on any atom is 0.323 e. The topological polar surface area (TPSA) is 104 Å². The number of urea groups is 1. The molecule has 2 aromatic carbocycles. The monoisotopic (exact) mass is 566 g/mol. The Morgan fingerprint density at radius 1 is 1.08 bits per heavy atom. The van der Waals surface area contributed by atoms with Crippen molar-refractivity contribution in [2.45, 2.75) is 6.54 Å². The third-order valence-corrected chi connectivity index (χ3v) is 7.33. The van der Waals surface area contributed by atoms with Crippen LogP contribution in [0, 0.1) is 10.5 Å². The molecule has 0 spiro atoms. The molecule has 5 rings (SSSR count). The number of H-pyrrole nitrogens is 1. The number of halogens is 2. The number of hydrogen-bond acceptors (Lipinski definition) is 5. The standard InChI is InChI=1S/C26H20ClFN6O2S2/c27-18-10-13-38-23(18)21-20(33-26(36)32-17-4-2-1-3-5-17)19-22(25(37)31-14-30-19)34(21)12-11-29-24(35)15-6-8-16(28)9-7-15/h1-10,13-14H,11-12H2,(H,29,35)(H,30,31,37)(H2,32,33,36). The summed E-state index contributed by atoms with van der Waals surface area (Å²) in [5.41, 5.74) is 3.05. The van der Waals surface area contributed by atoms with Gasteiger partial charge < -0.3 is 25.5 Å². The van der Waals surface area contributed by atoms with Crippen molar-refractivity contribution in [3.05, 3.63) is 93.4 Å². The fraction of sp³-hybridized carbons (Fsp3) is 0.0769. The quantitative estimate of drug-likeness (QED) is 0.165. The number of para-hydroxylation sites is 1. The number of carbonyl (C=O) groups excluding carboxylic acids is 2. The van der Waals surface area contributed by atoms with E-state index >= 15 is 0 Å². The summed E-state index contributed by atoms with van der Waals surface area (Å²) in [6.45, 7) is 0.507. The van der Waals surface area contributed by atoms with Gasteiger partial charge in [-0.05, 0) is 47.8 Å². The molecular formula is C26H20ClFN6O2S2. The molecule has 38 heavy (non-hydrogen) atoms. The van der Waals surface area contributed by atoms with E-state index in [4.69, 9.17) is 23.8 Å². The van der Waals surface area contributed by atoms with E-state index < -0.39 is 11.8 Å². The smallest absolute Gasteiger partial charge is 0.323 e. The Kier molecular flexibility index (Phi) is 7.50. The molecule has 0 aliphatic carbocycles. The predicted molar refractivity (Wildman–Crippen MR) is 151 cm³/mol. The van der Waals surface area contributed by atoms with Gasteiger partial charge in [0.15, 0.2) is 0 Å². The minimum absolute atomic E-state index is 0.218. The Balaban J connectivity index is 1.52. The second-order valence-electron chi connectivity index (χ2n) is 8.11. The second-order valence-corrected chi connectivity index (χ2v) is 9.84. The SMILES string of the molecule is O=C(Nc1ccccc1)Nc1c(-c2sccc2Cl)n(CCNC(=O)c2ccc(F)cc2)c2c(=S)[nH]cnc12. The number of rotatable bonds is 7. The Morgan fingerprint density at radius 3 is 2.55 bits per heavy atom. The lowest BCUT2D eigenvalue weighted by Gasteiger charge is -2.13. The summed E-state index contributed by atoms with van der Waals surface area (Å²) in [4.78, 5) is 33.7. The third kappa shape index (κ3) is 5.30. The molecular weight excluding hydrogens is 547 g/mol. The number of hydrogen-bond donors (Lipinski definition) is 4. The van der Waals surface area contributed by atoms with Crippen LogP contribution in [0.4, 0.5) is 20.6 Å². The molecule has 0 atom stereocenters. The zero-order valence-corrected chi connectivity index (χ0v) is 22.0. The summed E-state index contributed by atoms with van der Waals surface area (Å²) >= 11 is 13.5. The van der Waals surface area contributed by atoms with Crippen molar-refractivity contribution < 1.29 is 14.0 Å². The van der Waals surface area contributed by atoms with E-state index in [1.165, 1.54) is 41.9 Å². The number of benzene rings is 2. The van der Waals surface area contributed by atoms with Gasteiger partial charge in [-0.2, -0.15) is 0 Å². The molecule has 0 saturated carbocycles. The molecule has 4 N–H and O–H groups in total. The molecule has 0 saturated heterocycles. The highest BCUT2D eigenvalue weighted by Gasteiger charge is 2.25. The minimum Gasteiger partial charge on any atom is -0.350 e. The van der Waals surface area contributed by atoms with Crippen molar-refractivity contribution in [1.29, 1.82) is 0 Å². The van der Waals surface area contributed by atoms with Crippen molar-refractivity contribution in [3.8, 4) is 10.6 Å². The summed E-state index contributed by atoms with van der Waals surface area (Å²) in [5.74, 6) is -0.767. The van der Waals surface area contributed by atoms with Crippen LogP contribution in [-0.2, 0) is 6.54 Å². The normalized spacial score (nSPS) is 10.9. The number of nitrogens with one attached hydrogen (secondary N) is 4.